The quantitative estimate of drug-likeness (QED) is 0.768. The highest BCUT2D eigenvalue weighted by Crippen LogP contribution is 2.27. The molecule has 0 spiro atoms. The van der Waals surface area contributed by atoms with Crippen LogP contribution in [-0.2, 0) is 6.54 Å². The Bertz CT molecular complexity index is 419. The summed E-state index contributed by atoms with van der Waals surface area (Å²) in [5, 5.41) is 9.64. The lowest BCUT2D eigenvalue weighted by Gasteiger charge is -2.31. The highest BCUT2D eigenvalue weighted by atomic mass is 16.5. The number of aromatic hydroxyl groups is 1. The summed E-state index contributed by atoms with van der Waals surface area (Å²) in [6.07, 6.45) is 1.11. The average Bonchev–Trinajstić information content (AvgIpc) is 2.41. The van der Waals surface area contributed by atoms with Gasteiger partial charge in [-0.2, -0.15) is 0 Å². The number of nitrogens with two attached hydrogens (primary N) is 1. The third-order valence-corrected chi connectivity index (χ3v) is 3.39. The number of benzene rings is 1. The standard InChI is InChI=1S/C16H28N2O2/c1-5-8-18(12-16(2,3)11-17)10-13-6-7-14(19)15(9-13)20-4/h6-7,9,19H,5,8,10-12,17H2,1-4H3. The summed E-state index contributed by atoms with van der Waals surface area (Å²) >= 11 is 0. The van der Waals surface area contributed by atoms with Gasteiger partial charge in [-0.25, -0.2) is 0 Å². The van der Waals surface area contributed by atoms with Crippen molar-refractivity contribution in [2.75, 3.05) is 26.7 Å². The van der Waals surface area contributed by atoms with Gasteiger partial charge in [0, 0.05) is 13.1 Å². The van der Waals surface area contributed by atoms with Crippen molar-refractivity contribution in [1.82, 2.24) is 4.90 Å². The van der Waals surface area contributed by atoms with Gasteiger partial charge < -0.3 is 15.6 Å². The van der Waals surface area contributed by atoms with Crippen molar-refractivity contribution in [1.29, 1.82) is 0 Å². The molecule has 3 N–H and O–H groups in total. The van der Waals surface area contributed by atoms with Crippen LogP contribution in [0.3, 0.4) is 0 Å². The van der Waals surface area contributed by atoms with E-state index in [9.17, 15) is 5.11 Å². The first-order valence-corrected chi connectivity index (χ1v) is 7.20. The summed E-state index contributed by atoms with van der Waals surface area (Å²) in [5.74, 6) is 0.706. The van der Waals surface area contributed by atoms with Crippen LogP contribution in [0.15, 0.2) is 18.2 Å². The van der Waals surface area contributed by atoms with Gasteiger partial charge in [-0.05, 0) is 42.6 Å². The second kappa shape index (κ2) is 7.50. The van der Waals surface area contributed by atoms with Crippen LogP contribution < -0.4 is 10.5 Å². The van der Waals surface area contributed by atoms with Crippen LogP contribution in [0.4, 0.5) is 0 Å². The zero-order chi connectivity index (χ0) is 15.2. The molecule has 0 amide bonds. The molecular weight excluding hydrogens is 252 g/mol. The third kappa shape index (κ3) is 5.02. The number of ether oxygens (including phenoxy) is 1. The Morgan fingerprint density at radius 2 is 2.05 bits per heavy atom. The van der Waals surface area contributed by atoms with Crippen LogP contribution in [0.25, 0.3) is 0 Å². The van der Waals surface area contributed by atoms with E-state index in [0.29, 0.717) is 12.3 Å². The first kappa shape index (κ1) is 16.8. The summed E-state index contributed by atoms with van der Waals surface area (Å²) in [7, 11) is 1.57. The van der Waals surface area contributed by atoms with Crippen molar-refractivity contribution in [3.63, 3.8) is 0 Å². The van der Waals surface area contributed by atoms with E-state index in [-0.39, 0.29) is 11.2 Å². The maximum absolute atomic E-state index is 9.64. The van der Waals surface area contributed by atoms with Gasteiger partial charge in [-0.1, -0.05) is 26.8 Å². The van der Waals surface area contributed by atoms with Gasteiger partial charge >= 0.3 is 0 Å². The van der Waals surface area contributed by atoms with Crippen molar-refractivity contribution in [2.24, 2.45) is 11.1 Å². The smallest absolute Gasteiger partial charge is 0.160 e. The molecule has 0 heterocycles. The van der Waals surface area contributed by atoms with E-state index in [0.717, 1.165) is 31.6 Å². The highest BCUT2D eigenvalue weighted by Gasteiger charge is 2.20. The maximum Gasteiger partial charge on any atom is 0.160 e. The van der Waals surface area contributed by atoms with Gasteiger partial charge in [-0.3, -0.25) is 4.90 Å². The molecule has 0 aliphatic rings. The van der Waals surface area contributed by atoms with Gasteiger partial charge in [0.25, 0.3) is 0 Å². The van der Waals surface area contributed by atoms with Crippen LogP contribution >= 0.6 is 0 Å². The van der Waals surface area contributed by atoms with Gasteiger partial charge in [-0.15, -0.1) is 0 Å². The number of phenolic OH excluding ortho intramolecular Hbond substituents is 1. The van der Waals surface area contributed by atoms with Crippen LogP contribution in [0.1, 0.15) is 32.8 Å². The molecule has 0 fully saturated rings. The highest BCUT2D eigenvalue weighted by molar-refractivity contribution is 5.41. The fourth-order valence-corrected chi connectivity index (χ4v) is 2.28. The molecule has 0 aliphatic heterocycles. The molecule has 0 aliphatic carbocycles. The minimum atomic E-state index is 0.107. The van der Waals surface area contributed by atoms with E-state index in [4.69, 9.17) is 10.5 Å². The van der Waals surface area contributed by atoms with E-state index in [1.807, 2.05) is 12.1 Å². The molecular formula is C16H28N2O2. The van der Waals surface area contributed by atoms with Gasteiger partial charge in [0.15, 0.2) is 11.5 Å². The molecule has 1 aromatic rings. The van der Waals surface area contributed by atoms with Crippen LogP contribution in [-0.4, -0.2) is 36.8 Å². The monoisotopic (exact) mass is 280 g/mol. The zero-order valence-electron chi connectivity index (χ0n) is 13.1. The predicted octanol–water partition coefficient (Wildman–Crippen LogP) is 2.60. The SMILES string of the molecule is CCCN(Cc1ccc(O)c(OC)c1)CC(C)(C)CN. The second-order valence-electron chi connectivity index (χ2n) is 6.09. The summed E-state index contributed by atoms with van der Waals surface area (Å²) in [4.78, 5) is 2.40. The van der Waals surface area contributed by atoms with Crippen molar-refractivity contribution < 1.29 is 9.84 Å². The van der Waals surface area contributed by atoms with Crippen LogP contribution in [0.5, 0.6) is 11.5 Å². The number of nitrogens with zero attached hydrogens (tertiary/aromatic N) is 1. The van der Waals surface area contributed by atoms with Crippen molar-refractivity contribution in [3.8, 4) is 11.5 Å². The van der Waals surface area contributed by atoms with E-state index < -0.39 is 0 Å². The fourth-order valence-electron chi connectivity index (χ4n) is 2.28. The lowest BCUT2D eigenvalue weighted by molar-refractivity contribution is 0.176. The molecule has 1 aromatic carbocycles. The van der Waals surface area contributed by atoms with E-state index in [1.54, 1.807) is 13.2 Å². The molecule has 0 radical (unpaired) electrons. The van der Waals surface area contributed by atoms with Crippen molar-refractivity contribution in [2.45, 2.75) is 33.7 Å². The third-order valence-electron chi connectivity index (χ3n) is 3.39. The lowest BCUT2D eigenvalue weighted by atomic mass is 9.93. The molecule has 0 bridgehead atoms. The first-order valence-electron chi connectivity index (χ1n) is 7.20. The molecule has 0 unspecified atom stereocenters. The van der Waals surface area contributed by atoms with Crippen molar-refractivity contribution >= 4 is 0 Å². The lowest BCUT2D eigenvalue weighted by Crippen LogP contribution is -2.38. The molecule has 4 nitrogen and oxygen atoms in total. The number of phenols is 1. The predicted molar refractivity (Wildman–Crippen MR) is 83.1 cm³/mol. The maximum atomic E-state index is 9.64. The molecule has 0 atom stereocenters. The topological polar surface area (TPSA) is 58.7 Å². The Hall–Kier alpha value is -1.26. The number of rotatable bonds is 8. The summed E-state index contributed by atoms with van der Waals surface area (Å²) in [6.45, 7) is 10.1. The van der Waals surface area contributed by atoms with E-state index >= 15 is 0 Å². The molecule has 1 rings (SSSR count). The molecule has 4 heteroatoms. The van der Waals surface area contributed by atoms with Gasteiger partial charge in [0.05, 0.1) is 7.11 Å². The largest absolute Gasteiger partial charge is 0.504 e. The van der Waals surface area contributed by atoms with Gasteiger partial charge in [0.1, 0.15) is 0 Å². The normalized spacial score (nSPS) is 11.9. The van der Waals surface area contributed by atoms with Gasteiger partial charge in [0.2, 0.25) is 0 Å². The zero-order valence-corrected chi connectivity index (χ0v) is 13.1. The second-order valence-corrected chi connectivity index (χ2v) is 6.09. The summed E-state index contributed by atoms with van der Waals surface area (Å²) in [5.41, 5.74) is 7.08. The Labute approximate surface area is 122 Å². The number of hydrogen-bond donors (Lipinski definition) is 2. The van der Waals surface area contributed by atoms with Crippen LogP contribution in [0, 0.1) is 5.41 Å². The fraction of sp³-hybridized carbons (Fsp3) is 0.625. The van der Waals surface area contributed by atoms with Crippen LogP contribution in [0.2, 0.25) is 0 Å². The molecule has 0 saturated heterocycles. The number of methoxy groups -OCH3 is 1. The summed E-state index contributed by atoms with van der Waals surface area (Å²) < 4.78 is 5.16. The Morgan fingerprint density at radius 3 is 2.60 bits per heavy atom. The Morgan fingerprint density at radius 1 is 1.35 bits per heavy atom. The molecule has 20 heavy (non-hydrogen) atoms. The molecule has 0 aromatic heterocycles. The minimum Gasteiger partial charge on any atom is -0.504 e. The summed E-state index contributed by atoms with van der Waals surface area (Å²) in [6, 6.07) is 5.52. The molecule has 114 valence electrons. The van der Waals surface area contributed by atoms with E-state index in [1.165, 1.54) is 0 Å². The average molecular weight is 280 g/mol. The van der Waals surface area contributed by atoms with Crippen molar-refractivity contribution in [3.05, 3.63) is 23.8 Å². The molecule has 0 saturated carbocycles. The van der Waals surface area contributed by atoms with E-state index in [2.05, 4.69) is 25.7 Å². The number of hydrogen-bond acceptors (Lipinski definition) is 4. The minimum absolute atomic E-state index is 0.107. The first-order chi connectivity index (χ1) is 9.41. The Balaban J connectivity index is 2.79. The Kier molecular flexibility index (Phi) is 6.30.